The van der Waals surface area contributed by atoms with Gasteiger partial charge in [0.25, 0.3) is 5.69 Å². The first-order chi connectivity index (χ1) is 13.8. The monoisotopic (exact) mass is 433 g/mol. The number of nitrogens with zero attached hydrogens (tertiary/aromatic N) is 5. The molecule has 4 rings (SSSR count). The summed E-state index contributed by atoms with van der Waals surface area (Å²) in [6.45, 7) is 5.42. The second-order valence-corrected chi connectivity index (χ2v) is 9.89. The molecule has 1 aromatic carbocycles. The van der Waals surface area contributed by atoms with E-state index in [2.05, 4.69) is 14.9 Å². The summed E-state index contributed by atoms with van der Waals surface area (Å²) in [5, 5.41) is 12.3. The summed E-state index contributed by atoms with van der Waals surface area (Å²) in [4.78, 5) is 23.3. The van der Waals surface area contributed by atoms with Gasteiger partial charge in [0.1, 0.15) is 17.0 Å². The number of aromatic nitrogens is 2. The third-order valence-electron chi connectivity index (χ3n) is 5.16. The predicted molar refractivity (Wildman–Crippen MR) is 111 cm³/mol. The molecule has 0 N–H and O–H groups in total. The van der Waals surface area contributed by atoms with Crippen LogP contribution in [0.4, 0.5) is 11.5 Å². The molecule has 0 spiro atoms. The number of thiophene rings is 1. The number of hydrogen-bond donors (Lipinski definition) is 0. The summed E-state index contributed by atoms with van der Waals surface area (Å²) in [5.41, 5.74) is 0.729. The maximum atomic E-state index is 13.0. The Morgan fingerprint density at radius 2 is 1.79 bits per heavy atom. The fourth-order valence-electron chi connectivity index (χ4n) is 3.51. The van der Waals surface area contributed by atoms with E-state index in [4.69, 9.17) is 0 Å². The predicted octanol–water partition coefficient (Wildman–Crippen LogP) is 2.73. The van der Waals surface area contributed by atoms with Gasteiger partial charge in [0.2, 0.25) is 10.0 Å². The van der Waals surface area contributed by atoms with Crippen LogP contribution < -0.4 is 4.90 Å². The van der Waals surface area contributed by atoms with E-state index in [9.17, 15) is 18.5 Å². The molecular weight excluding hydrogens is 414 g/mol. The summed E-state index contributed by atoms with van der Waals surface area (Å²) in [5.74, 6) is 0.805. The molecule has 11 heteroatoms. The largest absolute Gasteiger partial charge is 0.353 e. The first-order valence-electron chi connectivity index (χ1n) is 9.00. The lowest BCUT2D eigenvalue weighted by molar-refractivity contribution is -0.387. The zero-order valence-corrected chi connectivity index (χ0v) is 17.5. The van der Waals surface area contributed by atoms with Crippen LogP contribution in [-0.2, 0) is 10.0 Å². The minimum atomic E-state index is -3.96. The van der Waals surface area contributed by atoms with E-state index in [1.165, 1.54) is 39.8 Å². The van der Waals surface area contributed by atoms with Gasteiger partial charge in [-0.1, -0.05) is 12.1 Å². The van der Waals surface area contributed by atoms with Crippen molar-refractivity contribution >= 4 is 43.1 Å². The van der Waals surface area contributed by atoms with Crippen LogP contribution in [0.15, 0.2) is 35.5 Å². The normalized spacial score (nSPS) is 15.7. The number of benzene rings is 1. The van der Waals surface area contributed by atoms with Crippen molar-refractivity contribution in [2.24, 2.45) is 0 Å². The van der Waals surface area contributed by atoms with E-state index in [1.54, 1.807) is 11.3 Å². The van der Waals surface area contributed by atoms with Gasteiger partial charge in [0, 0.05) is 37.1 Å². The fourth-order valence-corrected chi connectivity index (χ4v) is 6.08. The van der Waals surface area contributed by atoms with Gasteiger partial charge in [-0.2, -0.15) is 4.31 Å². The fraction of sp³-hybridized carbons (Fsp3) is 0.333. The van der Waals surface area contributed by atoms with Crippen molar-refractivity contribution in [3.05, 3.63) is 51.1 Å². The first kappa shape index (κ1) is 19.7. The van der Waals surface area contributed by atoms with Gasteiger partial charge in [0.15, 0.2) is 4.90 Å². The molecule has 0 aliphatic carbocycles. The number of nitro groups is 1. The van der Waals surface area contributed by atoms with Gasteiger partial charge < -0.3 is 4.90 Å². The molecule has 0 radical (unpaired) electrons. The summed E-state index contributed by atoms with van der Waals surface area (Å²) in [7, 11) is -3.96. The second kappa shape index (κ2) is 7.32. The van der Waals surface area contributed by atoms with Crippen LogP contribution >= 0.6 is 11.3 Å². The lowest BCUT2D eigenvalue weighted by atomic mass is 10.2. The number of para-hydroxylation sites is 1. The van der Waals surface area contributed by atoms with E-state index in [0.29, 0.717) is 13.1 Å². The van der Waals surface area contributed by atoms with E-state index in [1.807, 2.05) is 13.8 Å². The third kappa shape index (κ3) is 3.34. The highest BCUT2D eigenvalue weighted by molar-refractivity contribution is 7.89. The smallest absolute Gasteiger partial charge is 0.289 e. The van der Waals surface area contributed by atoms with Crippen molar-refractivity contribution in [3.63, 3.8) is 0 Å². The van der Waals surface area contributed by atoms with Crippen LogP contribution in [0.1, 0.15) is 10.4 Å². The second-order valence-electron chi connectivity index (χ2n) is 6.78. The van der Waals surface area contributed by atoms with Crippen molar-refractivity contribution in [2.75, 3.05) is 31.1 Å². The number of aryl methyl sites for hydroxylation is 2. The lowest BCUT2D eigenvalue weighted by Gasteiger charge is -2.34. The molecule has 3 aromatic rings. The number of rotatable bonds is 4. The summed E-state index contributed by atoms with van der Waals surface area (Å²) in [6, 6.07) is 5.45. The zero-order chi connectivity index (χ0) is 20.8. The molecule has 9 nitrogen and oxygen atoms in total. The van der Waals surface area contributed by atoms with E-state index < -0.39 is 20.6 Å². The van der Waals surface area contributed by atoms with Crippen molar-refractivity contribution < 1.29 is 13.3 Å². The molecule has 1 saturated heterocycles. The summed E-state index contributed by atoms with van der Waals surface area (Å²) < 4.78 is 27.3. The quantitative estimate of drug-likeness (QED) is 0.460. The SMILES string of the molecule is Cc1sc2ncnc(N3CCN(S(=O)(=O)c4ccccc4[N+](=O)[O-])CC3)c2c1C. The molecule has 2 aromatic heterocycles. The maximum Gasteiger partial charge on any atom is 0.289 e. The molecule has 1 aliphatic heterocycles. The van der Waals surface area contributed by atoms with E-state index in [-0.39, 0.29) is 18.0 Å². The molecule has 152 valence electrons. The molecular formula is C18H19N5O4S2. The number of anilines is 1. The molecule has 29 heavy (non-hydrogen) atoms. The molecule has 0 atom stereocenters. The molecule has 3 heterocycles. The van der Waals surface area contributed by atoms with Crippen LogP contribution in [0, 0.1) is 24.0 Å². The van der Waals surface area contributed by atoms with Gasteiger partial charge in [-0.3, -0.25) is 10.1 Å². The third-order valence-corrected chi connectivity index (χ3v) is 8.22. The van der Waals surface area contributed by atoms with Gasteiger partial charge in [0.05, 0.1) is 10.3 Å². The molecule has 0 unspecified atom stereocenters. The molecule has 0 bridgehead atoms. The Bertz CT molecular complexity index is 1200. The highest BCUT2D eigenvalue weighted by atomic mass is 32.2. The van der Waals surface area contributed by atoms with E-state index in [0.717, 1.165) is 21.6 Å². The van der Waals surface area contributed by atoms with Crippen molar-refractivity contribution in [1.29, 1.82) is 0 Å². The average Bonchev–Trinajstić information content (AvgIpc) is 3.02. The number of sulfonamides is 1. The Labute approximate surface area is 171 Å². The molecule has 1 fully saturated rings. The Balaban J connectivity index is 1.60. The highest BCUT2D eigenvalue weighted by Crippen LogP contribution is 2.35. The number of fused-ring (bicyclic) bond motifs is 1. The van der Waals surface area contributed by atoms with Crippen LogP contribution in [0.5, 0.6) is 0 Å². The average molecular weight is 434 g/mol. The van der Waals surface area contributed by atoms with Crippen LogP contribution in [0.3, 0.4) is 0 Å². The van der Waals surface area contributed by atoms with Crippen LogP contribution in [0.25, 0.3) is 10.2 Å². The lowest BCUT2D eigenvalue weighted by Crippen LogP contribution is -2.49. The zero-order valence-electron chi connectivity index (χ0n) is 15.9. The van der Waals surface area contributed by atoms with Gasteiger partial charge >= 0.3 is 0 Å². The first-order valence-corrected chi connectivity index (χ1v) is 11.3. The Kier molecular flexibility index (Phi) is 4.97. The van der Waals surface area contributed by atoms with E-state index >= 15 is 0 Å². The van der Waals surface area contributed by atoms with Gasteiger partial charge in [-0.25, -0.2) is 18.4 Å². The Morgan fingerprint density at radius 1 is 1.10 bits per heavy atom. The minimum absolute atomic E-state index is 0.224. The number of piperazine rings is 1. The van der Waals surface area contributed by atoms with Gasteiger partial charge in [-0.05, 0) is 25.5 Å². The minimum Gasteiger partial charge on any atom is -0.353 e. The maximum absolute atomic E-state index is 13.0. The Morgan fingerprint density at radius 3 is 2.48 bits per heavy atom. The number of nitro benzene ring substituents is 1. The van der Waals surface area contributed by atoms with Crippen molar-refractivity contribution in [1.82, 2.24) is 14.3 Å². The molecule has 0 saturated carbocycles. The highest BCUT2D eigenvalue weighted by Gasteiger charge is 2.34. The number of hydrogen-bond acceptors (Lipinski definition) is 8. The summed E-state index contributed by atoms with van der Waals surface area (Å²) in [6.07, 6.45) is 1.53. The van der Waals surface area contributed by atoms with Crippen LogP contribution in [-0.4, -0.2) is 53.8 Å². The van der Waals surface area contributed by atoms with Crippen LogP contribution in [0.2, 0.25) is 0 Å². The van der Waals surface area contributed by atoms with Crippen molar-refractivity contribution in [2.45, 2.75) is 18.7 Å². The molecule has 0 amide bonds. The Hall–Kier alpha value is -2.63. The topological polar surface area (TPSA) is 110 Å². The summed E-state index contributed by atoms with van der Waals surface area (Å²) >= 11 is 1.62. The van der Waals surface area contributed by atoms with Gasteiger partial charge in [-0.15, -0.1) is 11.3 Å². The standard InChI is InChI=1S/C18H19N5O4S2/c1-12-13(2)28-18-16(12)17(19-11-20-18)21-7-9-22(10-8-21)29(26,27)15-6-4-3-5-14(15)23(24)25/h3-6,11H,7-10H2,1-2H3. The van der Waals surface area contributed by atoms with Crippen molar-refractivity contribution in [3.8, 4) is 0 Å². The molecule has 1 aliphatic rings.